The van der Waals surface area contributed by atoms with Crippen LogP contribution in [0.25, 0.3) is 0 Å². The van der Waals surface area contributed by atoms with Crippen LogP contribution in [0.15, 0.2) is 12.1 Å². The lowest BCUT2D eigenvalue weighted by Gasteiger charge is -2.28. The quantitative estimate of drug-likeness (QED) is 0.851. The molecule has 1 aliphatic rings. The molecule has 0 spiro atoms. The van der Waals surface area contributed by atoms with E-state index in [4.69, 9.17) is 4.74 Å². The molecule has 1 aromatic rings. The van der Waals surface area contributed by atoms with Crippen molar-refractivity contribution in [1.29, 1.82) is 0 Å². The minimum Gasteiger partial charge on any atom is -0.378 e. The predicted octanol–water partition coefficient (Wildman–Crippen LogP) is 4.09. The number of likely N-dealkylation sites (N-methyl/N-ethyl adjacent to an activating group) is 1. The summed E-state index contributed by atoms with van der Waals surface area (Å²) in [5.41, 5.74) is 5.74. The average molecular weight is 289 g/mol. The number of nitrogens with one attached hydrogen (secondary N) is 1. The number of hydrogen-bond acceptors (Lipinski definition) is 2. The first-order chi connectivity index (χ1) is 10.1. The highest BCUT2D eigenvalue weighted by atomic mass is 16.5. The molecule has 1 saturated heterocycles. The molecular weight excluding hydrogens is 258 g/mol. The second kappa shape index (κ2) is 7.95. The molecule has 1 aromatic carbocycles. The van der Waals surface area contributed by atoms with Crippen molar-refractivity contribution in [3.05, 3.63) is 34.4 Å². The SMILES string of the molecule is CCNC(Cc1c(C)cc(C)cc1C)CC1CCCCO1. The highest BCUT2D eigenvalue weighted by molar-refractivity contribution is 5.38. The van der Waals surface area contributed by atoms with Gasteiger partial charge in [-0.1, -0.05) is 24.6 Å². The lowest BCUT2D eigenvalue weighted by Crippen LogP contribution is -2.36. The van der Waals surface area contributed by atoms with E-state index in [0.29, 0.717) is 12.1 Å². The Morgan fingerprint density at radius 2 is 1.90 bits per heavy atom. The lowest BCUT2D eigenvalue weighted by molar-refractivity contribution is 0.00533. The van der Waals surface area contributed by atoms with Crippen LogP contribution < -0.4 is 5.32 Å². The van der Waals surface area contributed by atoms with Gasteiger partial charge in [0.2, 0.25) is 0 Å². The molecule has 2 rings (SSSR count). The summed E-state index contributed by atoms with van der Waals surface area (Å²) in [6.45, 7) is 10.9. The molecule has 0 bridgehead atoms. The first-order valence-corrected chi connectivity index (χ1v) is 8.51. The van der Waals surface area contributed by atoms with Crippen molar-refractivity contribution in [3.63, 3.8) is 0 Å². The molecule has 0 saturated carbocycles. The fourth-order valence-electron chi connectivity index (χ4n) is 3.62. The van der Waals surface area contributed by atoms with Gasteiger partial charge in [-0.25, -0.2) is 0 Å². The second-order valence-corrected chi connectivity index (χ2v) is 6.56. The summed E-state index contributed by atoms with van der Waals surface area (Å²) in [4.78, 5) is 0. The molecule has 21 heavy (non-hydrogen) atoms. The Hall–Kier alpha value is -0.860. The summed E-state index contributed by atoms with van der Waals surface area (Å²) in [5.74, 6) is 0. The zero-order valence-electron chi connectivity index (χ0n) is 14.2. The number of ether oxygens (including phenoxy) is 1. The van der Waals surface area contributed by atoms with Gasteiger partial charge < -0.3 is 10.1 Å². The van der Waals surface area contributed by atoms with Crippen molar-refractivity contribution in [1.82, 2.24) is 5.32 Å². The Bertz CT molecular complexity index is 426. The third-order valence-electron chi connectivity index (χ3n) is 4.61. The van der Waals surface area contributed by atoms with Gasteiger partial charge in [0.15, 0.2) is 0 Å². The number of hydrogen-bond donors (Lipinski definition) is 1. The van der Waals surface area contributed by atoms with Crippen molar-refractivity contribution in [2.75, 3.05) is 13.2 Å². The van der Waals surface area contributed by atoms with Crippen LogP contribution in [-0.4, -0.2) is 25.3 Å². The molecule has 1 heterocycles. The summed E-state index contributed by atoms with van der Waals surface area (Å²) >= 11 is 0. The third-order valence-corrected chi connectivity index (χ3v) is 4.61. The molecule has 1 aliphatic heterocycles. The van der Waals surface area contributed by atoms with Crippen molar-refractivity contribution in [2.24, 2.45) is 0 Å². The molecule has 0 aromatic heterocycles. The molecule has 2 nitrogen and oxygen atoms in total. The van der Waals surface area contributed by atoms with Crippen LogP contribution in [0.3, 0.4) is 0 Å². The van der Waals surface area contributed by atoms with Crippen LogP contribution in [0.5, 0.6) is 0 Å². The molecular formula is C19H31NO. The molecule has 1 N–H and O–H groups in total. The van der Waals surface area contributed by atoms with Gasteiger partial charge in [-0.15, -0.1) is 0 Å². The van der Waals surface area contributed by atoms with E-state index >= 15 is 0 Å². The number of rotatable bonds is 6. The van der Waals surface area contributed by atoms with E-state index in [1.54, 1.807) is 0 Å². The van der Waals surface area contributed by atoms with Crippen molar-refractivity contribution >= 4 is 0 Å². The Morgan fingerprint density at radius 1 is 1.19 bits per heavy atom. The summed E-state index contributed by atoms with van der Waals surface area (Å²) < 4.78 is 5.93. The van der Waals surface area contributed by atoms with Crippen molar-refractivity contribution in [3.8, 4) is 0 Å². The van der Waals surface area contributed by atoms with E-state index in [1.807, 2.05) is 0 Å². The average Bonchev–Trinajstić information content (AvgIpc) is 2.44. The lowest BCUT2D eigenvalue weighted by atomic mass is 9.91. The molecule has 2 unspecified atom stereocenters. The third kappa shape index (κ3) is 4.82. The number of benzene rings is 1. The molecule has 118 valence electrons. The largest absolute Gasteiger partial charge is 0.378 e. The highest BCUT2D eigenvalue weighted by Crippen LogP contribution is 2.22. The van der Waals surface area contributed by atoms with Gasteiger partial charge in [0.05, 0.1) is 6.10 Å². The van der Waals surface area contributed by atoms with Gasteiger partial charge in [-0.2, -0.15) is 0 Å². The smallest absolute Gasteiger partial charge is 0.0590 e. The van der Waals surface area contributed by atoms with Gasteiger partial charge in [0, 0.05) is 12.6 Å². The van der Waals surface area contributed by atoms with Crippen LogP contribution in [0, 0.1) is 20.8 Å². The van der Waals surface area contributed by atoms with E-state index in [9.17, 15) is 0 Å². The second-order valence-electron chi connectivity index (χ2n) is 6.56. The summed E-state index contributed by atoms with van der Waals surface area (Å²) in [5, 5.41) is 3.67. The van der Waals surface area contributed by atoms with Crippen LogP contribution in [0.1, 0.15) is 54.9 Å². The minimum absolute atomic E-state index is 0.453. The molecule has 2 atom stereocenters. The monoisotopic (exact) mass is 289 g/mol. The van der Waals surface area contributed by atoms with Gasteiger partial charge >= 0.3 is 0 Å². The van der Waals surface area contributed by atoms with E-state index in [-0.39, 0.29) is 0 Å². The van der Waals surface area contributed by atoms with Crippen LogP contribution in [0.4, 0.5) is 0 Å². The fourth-order valence-corrected chi connectivity index (χ4v) is 3.62. The minimum atomic E-state index is 0.453. The highest BCUT2D eigenvalue weighted by Gasteiger charge is 2.20. The standard InChI is InChI=1S/C19H31NO/c1-5-20-17(12-18-8-6-7-9-21-18)13-19-15(3)10-14(2)11-16(19)4/h10-11,17-18,20H,5-9,12-13H2,1-4H3. The Kier molecular flexibility index (Phi) is 6.25. The first kappa shape index (κ1) is 16.5. The predicted molar refractivity (Wildman–Crippen MR) is 90.0 cm³/mol. The van der Waals surface area contributed by atoms with Gasteiger partial charge in [0.1, 0.15) is 0 Å². The van der Waals surface area contributed by atoms with Crippen LogP contribution >= 0.6 is 0 Å². The van der Waals surface area contributed by atoms with E-state index < -0.39 is 0 Å². The molecule has 2 heteroatoms. The zero-order valence-corrected chi connectivity index (χ0v) is 14.2. The summed E-state index contributed by atoms with van der Waals surface area (Å²) in [7, 11) is 0. The summed E-state index contributed by atoms with van der Waals surface area (Å²) in [6, 6.07) is 5.14. The van der Waals surface area contributed by atoms with Crippen LogP contribution in [-0.2, 0) is 11.2 Å². The molecule has 0 aliphatic carbocycles. The molecule has 1 fully saturated rings. The van der Waals surface area contributed by atoms with E-state index in [1.165, 1.54) is 41.5 Å². The van der Waals surface area contributed by atoms with E-state index in [0.717, 1.165) is 26.0 Å². The zero-order chi connectivity index (χ0) is 15.2. The maximum Gasteiger partial charge on any atom is 0.0590 e. The fraction of sp³-hybridized carbons (Fsp3) is 0.684. The maximum absolute atomic E-state index is 5.93. The van der Waals surface area contributed by atoms with Crippen LogP contribution in [0.2, 0.25) is 0 Å². The van der Waals surface area contributed by atoms with Crippen molar-refractivity contribution in [2.45, 2.75) is 71.9 Å². The van der Waals surface area contributed by atoms with Gasteiger partial charge in [-0.05, 0) is 76.1 Å². The van der Waals surface area contributed by atoms with Gasteiger partial charge in [-0.3, -0.25) is 0 Å². The molecule has 0 radical (unpaired) electrons. The Labute approximate surface area is 130 Å². The Balaban J connectivity index is 2.05. The molecule has 0 amide bonds. The van der Waals surface area contributed by atoms with Crippen molar-refractivity contribution < 1.29 is 4.74 Å². The Morgan fingerprint density at radius 3 is 2.48 bits per heavy atom. The maximum atomic E-state index is 5.93. The van der Waals surface area contributed by atoms with Gasteiger partial charge in [0.25, 0.3) is 0 Å². The first-order valence-electron chi connectivity index (χ1n) is 8.51. The van der Waals surface area contributed by atoms with E-state index in [2.05, 4.69) is 45.1 Å². The summed E-state index contributed by atoms with van der Waals surface area (Å²) in [6.07, 6.45) is 6.50. The normalized spacial score (nSPS) is 20.5. The number of aryl methyl sites for hydroxylation is 3. The topological polar surface area (TPSA) is 21.3 Å².